The van der Waals surface area contributed by atoms with Gasteiger partial charge in [0.2, 0.25) is 0 Å². The zero-order valence-electron chi connectivity index (χ0n) is 21.1. The van der Waals surface area contributed by atoms with Crippen molar-refractivity contribution in [2.45, 2.75) is 57.6 Å². The van der Waals surface area contributed by atoms with Gasteiger partial charge >= 0.3 is 0 Å². The fourth-order valence-corrected chi connectivity index (χ4v) is 6.42. The van der Waals surface area contributed by atoms with E-state index in [4.69, 9.17) is 9.47 Å². The Balaban J connectivity index is 1.47. The molecule has 0 radical (unpaired) electrons. The molecule has 1 aromatic carbocycles. The smallest absolute Gasteiger partial charge is 0.187 e. The van der Waals surface area contributed by atoms with Crippen LogP contribution in [0.1, 0.15) is 49.4 Å². The van der Waals surface area contributed by atoms with Crippen molar-refractivity contribution in [3.8, 4) is 11.5 Å². The summed E-state index contributed by atoms with van der Waals surface area (Å²) < 4.78 is 13.5. The number of likely N-dealkylation sites (tertiary alicyclic amines) is 1. The van der Waals surface area contributed by atoms with E-state index in [-0.39, 0.29) is 11.5 Å². The minimum Gasteiger partial charge on any atom is -0.497 e. The van der Waals surface area contributed by atoms with Gasteiger partial charge in [0, 0.05) is 74.9 Å². The lowest BCUT2D eigenvalue weighted by molar-refractivity contribution is -0.0867. The SMILES string of the molecule is CCN1C(O)N2Cc3cc(OC)cc(OC)c3C(C)C=C2C12CCN(Cc1cccn1C)CC2. The molecule has 184 valence electrons. The first-order valence-electron chi connectivity index (χ1n) is 12.4. The summed E-state index contributed by atoms with van der Waals surface area (Å²) in [6.07, 6.45) is 5.88. The lowest BCUT2D eigenvalue weighted by atomic mass is 9.82. The number of aliphatic hydroxyl groups is 1. The fourth-order valence-electron chi connectivity index (χ4n) is 6.42. The van der Waals surface area contributed by atoms with Crippen LogP contribution in [0.4, 0.5) is 0 Å². The quantitative estimate of drug-likeness (QED) is 0.728. The molecule has 1 spiro atoms. The fraction of sp³-hybridized carbons (Fsp3) is 0.556. The molecule has 2 aromatic rings. The zero-order chi connectivity index (χ0) is 24.0. The highest BCUT2D eigenvalue weighted by molar-refractivity contribution is 5.52. The van der Waals surface area contributed by atoms with Crippen LogP contribution in [-0.2, 0) is 20.1 Å². The summed E-state index contributed by atoms with van der Waals surface area (Å²) in [6, 6.07) is 8.39. The minimum atomic E-state index is -0.633. The van der Waals surface area contributed by atoms with Crippen LogP contribution in [0.25, 0.3) is 0 Å². The van der Waals surface area contributed by atoms with E-state index >= 15 is 0 Å². The van der Waals surface area contributed by atoms with Crippen molar-refractivity contribution in [3.63, 3.8) is 0 Å². The maximum atomic E-state index is 11.5. The van der Waals surface area contributed by atoms with Gasteiger partial charge < -0.3 is 24.0 Å². The summed E-state index contributed by atoms with van der Waals surface area (Å²) in [6.45, 7) is 8.86. The van der Waals surface area contributed by atoms with Gasteiger partial charge in [-0.2, -0.15) is 0 Å². The number of likely N-dealkylation sites (N-methyl/N-ethyl adjacent to an activating group) is 1. The molecule has 5 rings (SSSR count). The average Bonchev–Trinajstić information content (AvgIpc) is 3.27. The predicted octanol–water partition coefficient (Wildman–Crippen LogP) is 3.49. The number of methoxy groups -OCH3 is 2. The number of aliphatic hydroxyl groups excluding tert-OH is 1. The molecule has 34 heavy (non-hydrogen) atoms. The van der Waals surface area contributed by atoms with Crippen LogP contribution < -0.4 is 9.47 Å². The van der Waals surface area contributed by atoms with Crippen molar-refractivity contribution in [3.05, 3.63) is 59.1 Å². The van der Waals surface area contributed by atoms with Crippen LogP contribution in [0.3, 0.4) is 0 Å². The first-order chi connectivity index (χ1) is 16.4. The van der Waals surface area contributed by atoms with Crippen molar-refractivity contribution in [2.24, 2.45) is 7.05 Å². The molecule has 7 heteroatoms. The molecular formula is C27H38N4O3. The molecule has 3 aliphatic rings. The zero-order valence-corrected chi connectivity index (χ0v) is 21.1. The van der Waals surface area contributed by atoms with Gasteiger partial charge in [0.1, 0.15) is 11.5 Å². The van der Waals surface area contributed by atoms with Gasteiger partial charge in [-0.3, -0.25) is 4.90 Å². The lowest BCUT2D eigenvalue weighted by Gasteiger charge is -2.45. The summed E-state index contributed by atoms with van der Waals surface area (Å²) >= 11 is 0. The Kier molecular flexibility index (Phi) is 6.12. The minimum absolute atomic E-state index is 0.146. The van der Waals surface area contributed by atoms with E-state index in [1.807, 2.05) is 6.07 Å². The number of rotatable bonds is 5. The van der Waals surface area contributed by atoms with E-state index in [9.17, 15) is 5.11 Å². The third kappa shape index (κ3) is 3.61. The summed E-state index contributed by atoms with van der Waals surface area (Å²) in [5.74, 6) is 1.82. The highest BCUT2D eigenvalue weighted by atomic mass is 16.5. The first-order valence-corrected chi connectivity index (χ1v) is 12.4. The highest BCUT2D eigenvalue weighted by Crippen LogP contribution is 2.50. The van der Waals surface area contributed by atoms with Crippen molar-refractivity contribution >= 4 is 0 Å². The number of benzene rings is 1. The summed E-state index contributed by atoms with van der Waals surface area (Å²) in [5.41, 5.74) is 4.81. The number of aryl methyl sites for hydroxylation is 1. The number of ether oxygens (including phenoxy) is 2. The molecule has 1 N–H and O–H groups in total. The number of allylic oxidation sites excluding steroid dienone is 1. The monoisotopic (exact) mass is 466 g/mol. The van der Waals surface area contributed by atoms with Gasteiger partial charge in [0.25, 0.3) is 0 Å². The maximum Gasteiger partial charge on any atom is 0.187 e. The van der Waals surface area contributed by atoms with Gasteiger partial charge in [0.05, 0.1) is 19.8 Å². The predicted molar refractivity (Wildman–Crippen MR) is 133 cm³/mol. The molecule has 2 unspecified atom stereocenters. The van der Waals surface area contributed by atoms with Crippen molar-refractivity contribution in [1.29, 1.82) is 0 Å². The molecule has 2 fully saturated rings. The molecule has 1 aromatic heterocycles. The maximum absolute atomic E-state index is 11.5. The van der Waals surface area contributed by atoms with Crippen molar-refractivity contribution < 1.29 is 14.6 Å². The van der Waals surface area contributed by atoms with Crippen LogP contribution >= 0.6 is 0 Å². The van der Waals surface area contributed by atoms with E-state index in [1.54, 1.807) is 14.2 Å². The molecule has 0 bridgehead atoms. The van der Waals surface area contributed by atoms with E-state index in [2.05, 4.69) is 70.6 Å². The molecule has 2 saturated heterocycles. The molecule has 0 amide bonds. The molecule has 3 aliphatic heterocycles. The Morgan fingerprint density at radius 1 is 1.15 bits per heavy atom. The second kappa shape index (κ2) is 8.95. The van der Waals surface area contributed by atoms with Crippen LogP contribution in [0.5, 0.6) is 11.5 Å². The van der Waals surface area contributed by atoms with Crippen molar-refractivity contribution in [1.82, 2.24) is 19.3 Å². The normalized spacial score (nSPS) is 24.5. The largest absolute Gasteiger partial charge is 0.497 e. The Morgan fingerprint density at radius 3 is 2.53 bits per heavy atom. The van der Waals surface area contributed by atoms with E-state index in [0.717, 1.165) is 56.1 Å². The molecule has 2 atom stereocenters. The Bertz CT molecular complexity index is 1070. The van der Waals surface area contributed by atoms with Crippen molar-refractivity contribution in [2.75, 3.05) is 33.9 Å². The molecule has 4 heterocycles. The highest BCUT2D eigenvalue weighted by Gasteiger charge is 2.54. The number of hydrogen-bond acceptors (Lipinski definition) is 6. The van der Waals surface area contributed by atoms with Crippen LogP contribution in [0.2, 0.25) is 0 Å². The first kappa shape index (κ1) is 23.3. The van der Waals surface area contributed by atoms with E-state index < -0.39 is 6.35 Å². The molecule has 0 saturated carbocycles. The third-order valence-electron chi connectivity index (χ3n) is 8.22. The molecule has 0 aliphatic carbocycles. The Hall–Kier alpha value is -2.48. The van der Waals surface area contributed by atoms with Gasteiger partial charge in [-0.25, -0.2) is 4.90 Å². The number of fused-ring (bicyclic) bond motifs is 3. The lowest BCUT2D eigenvalue weighted by Crippen LogP contribution is -2.54. The topological polar surface area (TPSA) is 53.3 Å². The molecule has 7 nitrogen and oxygen atoms in total. The van der Waals surface area contributed by atoms with Gasteiger partial charge in [-0.05, 0) is 36.6 Å². The molecular weight excluding hydrogens is 428 g/mol. The number of nitrogens with zero attached hydrogens (tertiary/aromatic N) is 4. The number of piperidine rings is 1. The van der Waals surface area contributed by atoms with Crippen LogP contribution in [0, 0.1) is 0 Å². The third-order valence-corrected chi connectivity index (χ3v) is 8.22. The van der Waals surface area contributed by atoms with Crippen LogP contribution in [0.15, 0.2) is 42.2 Å². The summed E-state index contributed by atoms with van der Waals surface area (Å²) in [4.78, 5) is 7.07. The second-order valence-corrected chi connectivity index (χ2v) is 9.92. The second-order valence-electron chi connectivity index (χ2n) is 9.92. The van der Waals surface area contributed by atoms with Gasteiger partial charge in [-0.15, -0.1) is 0 Å². The number of aromatic nitrogens is 1. The summed E-state index contributed by atoms with van der Waals surface area (Å²) in [7, 11) is 5.52. The van der Waals surface area contributed by atoms with Gasteiger partial charge in [-0.1, -0.05) is 19.9 Å². The van der Waals surface area contributed by atoms with Crippen LogP contribution in [-0.4, -0.2) is 70.1 Å². The van der Waals surface area contributed by atoms with E-state index in [0.29, 0.717) is 6.54 Å². The average molecular weight is 467 g/mol. The summed E-state index contributed by atoms with van der Waals surface area (Å²) in [5, 5.41) is 11.5. The van der Waals surface area contributed by atoms with Gasteiger partial charge in [0.15, 0.2) is 6.35 Å². The Morgan fingerprint density at radius 2 is 1.91 bits per heavy atom. The number of hydrogen-bond donors (Lipinski definition) is 1. The standard InChI is InChI=1S/C27H38N4O3/c1-6-31-26(32)30-17-20-15-22(33-4)16-23(34-5)25(20)19(2)14-24(30)27(31)9-12-29(13-10-27)18-21-8-7-11-28(21)3/h7-8,11,14-16,19,26,32H,6,9-10,12-13,17-18H2,1-5H3. The Labute approximate surface area is 203 Å². The van der Waals surface area contributed by atoms with E-state index in [1.165, 1.54) is 17.0 Å².